The molecule has 0 amide bonds. The number of rotatable bonds is 7. The second-order valence-electron chi connectivity index (χ2n) is 3.19. The average Bonchev–Trinajstić information content (AvgIpc) is 2.31. The number of hydrogen-bond donors (Lipinski definition) is 1. The number of benzene rings is 1. The minimum Gasteiger partial charge on any atom is -0.491 e. The lowest BCUT2D eigenvalue weighted by atomic mass is 10.3. The maximum atomic E-state index is 11.2. The number of ether oxygens (including phenoxy) is 2. The van der Waals surface area contributed by atoms with Crippen molar-refractivity contribution in [2.24, 2.45) is 0 Å². The van der Waals surface area contributed by atoms with Gasteiger partial charge in [-0.25, -0.2) is 8.42 Å². The highest BCUT2D eigenvalue weighted by Crippen LogP contribution is 2.16. The Balaban J connectivity index is 2.56. The van der Waals surface area contributed by atoms with Gasteiger partial charge in [-0.1, -0.05) is 0 Å². The van der Waals surface area contributed by atoms with Crippen LogP contribution in [0, 0.1) is 0 Å². The molecule has 1 N–H and O–H groups in total. The zero-order valence-corrected chi connectivity index (χ0v) is 10.9. The predicted octanol–water partition coefficient (Wildman–Crippen LogP) is 1.65. The minimum atomic E-state index is -3.45. The molecule has 0 unspecified atom stereocenters. The third kappa shape index (κ3) is 5.25. The minimum absolute atomic E-state index is 0.448. The van der Waals surface area contributed by atoms with Gasteiger partial charge in [-0.15, -0.1) is 11.6 Å². The summed E-state index contributed by atoms with van der Waals surface area (Å²) in [6.07, 6.45) is 0. The normalized spacial score (nSPS) is 11.2. The Labute approximate surface area is 106 Å². The number of hydrogen-bond acceptors (Lipinski definition) is 4. The molecule has 17 heavy (non-hydrogen) atoms. The van der Waals surface area contributed by atoms with Gasteiger partial charge < -0.3 is 9.47 Å². The molecule has 0 saturated heterocycles. The van der Waals surface area contributed by atoms with Crippen molar-refractivity contribution < 1.29 is 17.9 Å². The van der Waals surface area contributed by atoms with E-state index < -0.39 is 15.2 Å². The van der Waals surface area contributed by atoms with E-state index in [1.54, 1.807) is 31.4 Å². The summed E-state index contributed by atoms with van der Waals surface area (Å²) in [4.78, 5) is 0. The molecule has 0 heterocycles. The quantitative estimate of drug-likeness (QED) is 0.609. The molecular weight excluding hydrogens is 266 g/mol. The molecule has 96 valence electrons. The maximum Gasteiger partial charge on any atom is 0.246 e. The zero-order valence-electron chi connectivity index (χ0n) is 9.35. The van der Waals surface area contributed by atoms with Crippen molar-refractivity contribution in [2.45, 2.75) is 0 Å². The van der Waals surface area contributed by atoms with Crippen molar-refractivity contribution in [3.8, 4) is 5.75 Å². The first-order valence-corrected chi connectivity index (χ1v) is 7.04. The number of sulfonamides is 1. The Hall–Kier alpha value is -0.980. The Morgan fingerprint density at radius 3 is 2.41 bits per heavy atom. The summed E-state index contributed by atoms with van der Waals surface area (Å²) < 4.78 is 34.8. The molecule has 1 aromatic carbocycles. The predicted molar refractivity (Wildman–Crippen MR) is 67.1 cm³/mol. The van der Waals surface area contributed by atoms with Gasteiger partial charge in [0, 0.05) is 12.8 Å². The fraction of sp³-hybridized carbons (Fsp3) is 0.400. The molecule has 0 aliphatic carbocycles. The molecule has 0 saturated carbocycles. The number of methoxy groups -OCH3 is 1. The number of alkyl halides is 1. The largest absolute Gasteiger partial charge is 0.491 e. The molecule has 0 radical (unpaired) electrons. The first kappa shape index (κ1) is 14.1. The third-order valence-corrected chi connectivity index (χ3v) is 3.52. The van der Waals surface area contributed by atoms with Crippen LogP contribution in [0.25, 0.3) is 0 Å². The van der Waals surface area contributed by atoms with Crippen LogP contribution < -0.4 is 9.46 Å². The van der Waals surface area contributed by atoms with Crippen molar-refractivity contribution in [3.63, 3.8) is 0 Å². The van der Waals surface area contributed by atoms with Crippen LogP contribution in [0.4, 0.5) is 5.69 Å². The van der Waals surface area contributed by atoms with Crippen molar-refractivity contribution >= 4 is 27.3 Å². The van der Waals surface area contributed by atoms with E-state index in [0.717, 1.165) is 0 Å². The van der Waals surface area contributed by atoms with Gasteiger partial charge in [-0.3, -0.25) is 4.72 Å². The summed E-state index contributed by atoms with van der Waals surface area (Å²) in [7, 11) is -1.86. The smallest absolute Gasteiger partial charge is 0.246 e. The zero-order chi connectivity index (χ0) is 12.7. The molecule has 1 aromatic rings. The van der Waals surface area contributed by atoms with Gasteiger partial charge in [0.2, 0.25) is 10.0 Å². The number of halogens is 1. The van der Waals surface area contributed by atoms with Gasteiger partial charge in [0.15, 0.2) is 0 Å². The van der Waals surface area contributed by atoms with Crippen LogP contribution in [0.1, 0.15) is 0 Å². The SMILES string of the molecule is COCCOc1ccc(NS(=O)(=O)CCl)cc1. The number of nitrogens with one attached hydrogen (secondary N) is 1. The highest BCUT2D eigenvalue weighted by atomic mass is 35.5. The van der Waals surface area contributed by atoms with E-state index in [0.29, 0.717) is 24.7 Å². The number of anilines is 1. The molecule has 0 atom stereocenters. The monoisotopic (exact) mass is 279 g/mol. The fourth-order valence-electron chi connectivity index (χ4n) is 1.07. The van der Waals surface area contributed by atoms with Crippen molar-refractivity contribution in [1.82, 2.24) is 0 Å². The Kier molecular flexibility index (Phi) is 5.54. The molecule has 0 spiro atoms. The van der Waals surface area contributed by atoms with Crippen molar-refractivity contribution in [1.29, 1.82) is 0 Å². The first-order chi connectivity index (χ1) is 8.07. The van der Waals surface area contributed by atoms with Gasteiger partial charge in [0.1, 0.15) is 17.6 Å². The van der Waals surface area contributed by atoms with Crippen LogP contribution in [0.15, 0.2) is 24.3 Å². The topological polar surface area (TPSA) is 64.6 Å². The van der Waals surface area contributed by atoms with Gasteiger partial charge in [0.25, 0.3) is 0 Å². The Bertz CT molecular complexity index is 432. The van der Waals surface area contributed by atoms with E-state index in [4.69, 9.17) is 21.1 Å². The van der Waals surface area contributed by atoms with Crippen molar-refractivity contribution in [2.75, 3.05) is 30.3 Å². The van der Waals surface area contributed by atoms with Crippen LogP contribution >= 0.6 is 11.6 Å². The van der Waals surface area contributed by atoms with E-state index in [1.807, 2.05) is 0 Å². The van der Waals surface area contributed by atoms with E-state index >= 15 is 0 Å². The highest BCUT2D eigenvalue weighted by Gasteiger charge is 2.07. The van der Waals surface area contributed by atoms with E-state index in [-0.39, 0.29) is 0 Å². The van der Waals surface area contributed by atoms with Gasteiger partial charge in [-0.05, 0) is 24.3 Å². The lowest BCUT2D eigenvalue weighted by Crippen LogP contribution is -2.13. The van der Waals surface area contributed by atoms with Crippen molar-refractivity contribution in [3.05, 3.63) is 24.3 Å². The second kappa shape index (κ2) is 6.68. The van der Waals surface area contributed by atoms with Gasteiger partial charge >= 0.3 is 0 Å². The molecule has 7 heteroatoms. The van der Waals surface area contributed by atoms with Crippen LogP contribution in [-0.2, 0) is 14.8 Å². The summed E-state index contributed by atoms with van der Waals surface area (Å²) in [6.45, 7) is 0.948. The molecule has 1 rings (SSSR count). The molecule has 0 aromatic heterocycles. The van der Waals surface area contributed by atoms with Crippen LogP contribution in [-0.4, -0.2) is 34.0 Å². The lowest BCUT2D eigenvalue weighted by Gasteiger charge is -2.08. The summed E-state index contributed by atoms with van der Waals surface area (Å²) in [5, 5.41) is -0.473. The summed E-state index contributed by atoms with van der Waals surface area (Å²) >= 11 is 5.27. The summed E-state index contributed by atoms with van der Waals surface area (Å²) in [5.74, 6) is 0.649. The molecule has 0 aliphatic rings. The lowest BCUT2D eigenvalue weighted by molar-refractivity contribution is 0.146. The third-order valence-electron chi connectivity index (χ3n) is 1.83. The molecule has 0 fully saturated rings. The molecular formula is C10H14ClNO4S. The highest BCUT2D eigenvalue weighted by molar-refractivity contribution is 7.93. The fourth-order valence-corrected chi connectivity index (χ4v) is 1.78. The Morgan fingerprint density at radius 2 is 1.88 bits per heavy atom. The van der Waals surface area contributed by atoms with Crippen LogP contribution in [0.5, 0.6) is 5.75 Å². The summed E-state index contributed by atoms with van der Waals surface area (Å²) in [5.41, 5.74) is 0.449. The molecule has 5 nitrogen and oxygen atoms in total. The maximum absolute atomic E-state index is 11.2. The van der Waals surface area contributed by atoms with Crippen LogP contribution in [0.3, 0.4) is 0 Å². The summed E-state index contributed by atoms with van der Waals surface area (Å²) in [6, 6.07) is 6.54. The van der Waals surface area contributed by atoms with E-state index in [9.17, 15) is 8.42 Å². The van der Waals surface area contributed by atoms with Gasteiger partial charge in [0.05, 0.1) is 6.61 Å². The standard InChI is InChI=1S/C10H14ClNO4S/c1-15-6-7-16-10-4-2-9(3-5-10)12-17(13,14)8-11/h2-5,12H,6-8H2,1H3. The molecule has 0 aliphatic heterocycles. The average molecular weight is 280 g/mol. The van der Waals surface area contributed by atoms with E-state index in [1.165, 1.54) is 0 Å². The first-order valence-electron chi connectivity index (χ1n) is 4.85. The van der Waals surface area contributed by atoms with Gasteiger partial charge in [-0.2, -0.15) is 0 Å². The van der Waals surface area contributed by atoms with E-state index in [2.05, 4.69) is 4.72 Å². The second-order valence-corrected chi connectivity index (χ2v) is 5.50. The molecule has 0 bridgehead atoms. The Morgan fingerprint density at radius 1 is 1.24 bits per heavy atom. The van der Waals surface area contributed by atoms with Crippen LogP contribution in [0.2, 0.25) is 0 Å².